The number of benzene rings is 3. The van der Waals surface area contributed by atoms with Crippen molar-refractivity contribution in [3.8, 4) is 28.4 Å². The van der Waals surface area contributed by atoms with Crippen LogP contribution in [-0.4, -0.2) is 24.4 Å². The highest BCUT2D eigenvalue weighted by molar-refractivity contribution is 6.08. The van der Waals surface area contributed by atoms with Crippen LogP contribution in [0, 0.1) is 0 Å². The van der Waals surface area contributed by atoms with E-state index in [1.807, 2.05) is 66.7 Å². The maximum absolute atomic E-state index is 12.7. The van der Waals surface area contributed by atoms with Crippen LogP contribution in [0.1, 0.15) is 23.0 Å². The lowest BCUT2D eigenvalue weighted by Gasteiger charge is -2.08. The number of aromatic nitrogens is 1. The molecule has 0 unspecified atom stereocenters. The van der Waals surface area contributed by atoms with E-state index in [0.29, 0.717) is 36.2 Å². The normalized spacial score (nSPS) is 12.2. The highest BCUT2D eigenvalue weighted by Crippen LogP contribution is 2.40. The number of rotatable bonds is 6. The minimum absolute atomic E-state index is 0.189. The summed E-state index contributed by atoms with van der Waals surface area (Å²) in [5.41, 5.74) is 3.88. The van der Waals surface area contributed by atoms with Crippen molar-refractivity contribution < 1.29 is 23.7 Å². The van der Waals surface area contributed by atoms with E-state index < -0.39 is 5.97 Å². The molecule has 0 saturated heterocycles. The summed E-state index contributed by atoms with van der Waals surface area (Å²) in [6.07, 6.45) is 0. The van der Waals surface area contributed by atoms with Gasteiger partial charge in [0.2, 0.25) is 6.79 Å². The number of carbonyl (C=O) groups is 1. The summed E-state index contributed by atoms with van der Waals surface area (Å²) in [6.45, 7) is 2.73. The fraction of sp³-hybridized carbons (Fsp3) is 0.160. The summed E-state index contributed by atoms with van der Waals surface area (Å²) in [5.74, 6) is 1.65. The first-order valence-electron chi connectivity index (χ1n) is 10.1. The van der Waals surface area contributed by atoms with Crippen molar-refractivity contribution in [2.75, 3.05) is 13.4 Å². The van der Waals surface area contributed by atoms with Crippen LogP contribution >= 0.6 is 0 Å². The Morgan fingerprint density at radius 2 is 1.84 bits per heavy atom. The summed E-state index contributed by atoms with van der Waals surface area (Å²) >= 11 is 0. The van der Waals surface area contributed by atoms with Crippen LogP contribution in [0.25, 0.3) is 22.0 Å². The maximum Gasteiger partial charge on any atom is 0.355 e. The number of esters is 1. The Hall–Kier alpha value is -3.93. The molecule has 0 aliphatic carbocycles. The molecule has 3 aromatic carbocycles. The van der Waals surface area contributed by atoms with Gasteiger partial charge in [0, 0.05) is 16.5 Å². The standard InChI is InChI=1S/C25H21NO5/c1-2-28-25(27)24-23(17-8-11-21-22(12-17)31-15-30-21)19-13-18(9-10-20(19)26-24)29-14-16-6-4-3-5-7-16/h3-13,26H,2,14-15H2,1H3. The molecule has 1 aliphatic heterocycles. The van der Waals surface area contributed by atoms with Crippen LogP contribution < -0.4 is 14.2 Å². The highest BCUT2D eigenvalue weighted by atomic mass is 16.7. The molecule has 5 rings (SSSR count). The van der Waals surface area contributed by atoms with Gasteiger partial charge in [-0.25, -0.2) is 4.79 Å². The molecule has 0 bridgehead atoms. The summed E-state index contributed by atoms with van der Waals surface area (Å²) in [4.78, 5) is 15.9. The number of ether oxygens (including phenoxy) is 4. The van der Waals surface area contributed by atoms with E-state index in [1.165, 1.54) is 0 Å². The van der Waals surface area contributed by atoms with E-state index in [0.717, 1.165) is 27.6 Å². The number of aromatic amines is 1. The van der Waals surface area contributed by atoms with Gasteiger partial charge >= 0.3 is 5.97 Å². The van der Waals surface area contributed by atoms with Crippen LogP contribution in [0.4, 0.5) is 0 Å². The lowest BCUT2D eigenvalue weighted by molar-refractivity contribution is 0.0521. The molecule has 0 fully saturated rings. The Labute approximate surface area is 179 Å². The predicted octanol–water partition coefficient (Wildman–Crippen LogP) is 5.32. The van der Waals surface area contributed by atoms with E-state index in [-0.39, 0.29) is 6.79 Å². The molecule has 4 aromatic rings. The van der Waals surface area contributed by atoms with Crippen molar-refractivity contribution >= 4 is 16.9 Å². The van der Waals surface area contributed by atoms with E-state index in [9.17, 15) is 4.79 Å². The third kappa shape index (κ3) is 3.68. The first kappa shape index (κ1) is 19.1. The van der Waals surface area contributed by atoms with E-state index >= 15 is 0 Å². The Morgan fingerprint density at radius 1 is 1.00 bits per heavy atom. The second kappa shape index (κ2) is 8.07. The number of hydrogen-bond donors (Lipinski definition) is 1. The first-order valence-corrected chi connectivity index (χ1v) is 10.1. The Bertz CT molecular complexity index is 1250. The van der Waals surface area contributed by atoms with Gasteiger partial charge in [0.05, 0.1) is 6.61 Å². The third-order valence-electron chi connectivity index (χ3n) is 5.16. The summed E-state index contributed by atoms with van der Waals surface area (Å²) in [6, 6.07) is 21.4. The fourth-order valence-electron chi connectivity index (χ4n) is 3.71. The van der Waals surface area contributed by atoms with Crippen molar-refractivity contribution in [1.82, 2.24) is 4.98 Å². The molecule has 1 aliphatic rings. The van der Waals surface area contributed by atoms with Crippen molar-refractivity contribution in [1.29, 1.82) is 0 Å². The zero-order valence-electron chi connectivity index (χ0n) is 17.0. The van der Waals surface area contributed by atoms with Crippen molar-refractivity contribution in [3.05, 3.63) is 78.0 Å². The summed E-state index contributed by atoms with van der Waals surface area (Å²) < 4.78 is 22.3. The second-order valence-corrected chi connectivity index (χ2v) is 7.15. The lowest BCUT2D eigenvalue weighted by atomic mass is 10.0. The van der Waals surface area contributed by atoms with Gasteiger partial charge in [-0.05, 0) is 48.4 Å². The minimum Gasteiger partial charge on any atom is -0.489 e. The van der Waals surface area contributed by atoms with Gasteiger partial charge < -0.3 is 23.9 Å². The predicted molar refractivity (Wildman–Crippen MR) is 117 cm³/mol. The summed E-state index contributed by atoms with van der Waals surface area (Å²) in [5, 5.41) is 0.868. The molecule has 0 amide bonds. The van der Waals surface area contributed by atoms with Crippen molar-refractivity contribution in [3.63, 3.8) is 0 Å². The van der Waals surface area contributed by atoms with Crippen LogP contribution in [0.5, 0.6) is 17.2 Å². The first-order chi connectivity index (χ1) is 15.2. The lowest BCUT2D eigenvalue weighted by Crippen LogP contribution is -2.06. The molecule has 2 heterocycles. The molecule has 0 radical (unpaired) electrons. The fourth-order valence-corrected chi connectivity index (χ4v) is 3.71. The van der Waals surface area contributed by atoms with Gasteiger partial charge in [-0.1, -0.05) is 36.4 Å². The van der Waals surface area contributed by atoms with E-state index in [1.54, 1.807) is 6.92 Å². The van der Waals surface area contributed by atoms with Crippen LogP contribution in [-0.2, 0) is 11.3 Å². The number of nitrogens with one attached hydrogen (secondary N) is 1. The molecule has 0 atom stereocenters. The monoisotopic (exact) mass is 415 g/mol. The molecular formula is C25H21NO5. The third-order valence-corrected chi connectivity index (χ3v) is 5.16. The molecule has 6 nitrogen and oxygen atoms in total. The molecule has 31 heavy (non-hydrogen) atoms. The average molecular weight is 415 g/mol. The van der Waals surface area contributed by atoms with Gasteiger partial charge in [-0.3, -0.25) is 0 Å². The van der Waals surface area contributed by atoms with Gasteiger partial charge in [0.15, 0.2) is 11.5 Å². The molecule has 156 valence electrons. The number of carbonyl (C=O) groups excluding carboxylic acids is 1. The average Bonchev–Trinajstić information content (AvgIpc) is 3.42. The minimum atomic E-state index is -0.405. The van der Waals surface area contributed by atoms with Gasteiger partial charge in [-0.15, -0.1) is 0 Å². The number of fused-ring (bicyclic) bond motifs is 2. The van der Waals surface area contributed by atoms with Gasteiger partial charge in [0.25, 0.3) is 0 Å². The smallest absolute Gasteiger partial charge is 0.355 e. The topological polar surface area (TPSA) is 69.8 Å². The Balaban J connectivity index is 1.58. The zero-order valence-corrected chi connectivity index (χ0v) is 17.0. The summed E-state index contributed by atoms with van der Waals surface area (Å²) in [7, 11) is 0. The quantitative estimate of drug-likeness (QED) is 0.432. The number of H-pyrrole nitrogens is 1. The Kier molecular flexibility index (Phi) is 4.96. The van der Waals surface area contributed by atoms with Gasteiger partial charge in [0.1, 0.15) is 18.1 Å². The van der Waals surface area contributed by atoms with Crippen LogP contribution in [0.2, 0.25) is 0 Å². The van der Waals surface area contributed by atoms with Crippen molar-refractivity contribution in [2.45, 2.75) is 13.5 Å². The highest BCUT2D eigenvalue weighted by Gasteiger charge is 2.23. The molecule has 1 N–H and O–H groups in total. The molecular weight excluding hydrogens is 394 g/mol. The Morgan fingerprint density at radius 3 is 2.68 bits per heavy atom. The van der Waals surface area contributed by atoms with E-state index in [2.05, 4.69) is 4.98 Å². The molecule has 1 aromatic heterocycles. The largest absolute Gasteiger partial charge is 0.489 e. The van der Waals surface area contributed by atoms with Crippen LogP contribution in [0.3, 0.4) is 0 Å². The molecule has 6 heteroatoms. The molecule has 0 saturated carbocycles. The number of hydrogen-bond acceptors (Lipinski definition) is 5. The zero-order chi connectivity index (χ0) is 21.2. The van der Waals surface area contributed by atoms with Crippen LogP contribution in [0.15, 0.2) is 66.7 Å². The maximum atomic E-state index is 12.7. The van der Waals surface area contributed by atoms with Gasteiger partial charge in [-0.2, -0.15) is 0 Å². The van der Waals surface area contributed by atoms with Crippen molar-refractivity contribution in [2.24, 2.45) is 0 Å². The molecule has 0 spiro atoms. The SMILES string of the molecule is CCOC(=O)c1[nH]c2ccc(OCc3ccccc3)cc2c1-c1ccc2c(c1)OCO2. The van der Waals surface area contributed by atoms with E-state index in [4.69, 9.17) is 18.9 Å². The second-order valence-electron chi connectivity index (χ2n) is 7.15.